The highest BCUT2D eigenvalue weighted by molar-refractivity contribution is 6.02. The summed E-state index contributed by atoms with van der Waals surface area (Å²) in [4.78, 5) is 16.4. The molecule has 3 aliphatic rings. The number of aliphatic hydroxyl groups is 1. The van der Waals surface area contributed by atoms with Crippen LogP contribution in [0.3, 0.4) is 0 Å². The van der Waals surface area contributed by atoms with Crippen molar-refractivity contribution in [2.24, 2.45) is 5.92 Å². The molecule has 2 heterocycles. The Hall–Kier alpha value is -1.59. The van der Waals surface area contributed by atoms with Crippen LogP contribution < -0.4 is 10.2 Å². The van der Waals surface area contributed by atoms with Crippen molar-refractivity contribution in [1.29, 1.82) is 0 Å². The lowest BCUT2D eigenvalue weighted by Crippen LogP contribution is -2.47. The number of benzene rings is 1. The van der Waals surface area contributed by atoms with E-state index in [4.69, 9.17) is 0 Å². The highest BCUT2D eigenvalue weighted by atomic mass is 16.3. The molecule has 0 aromatic heterocycles. The Bertz CT molecular complexity index is 563. The van der Waals surface area contributed by atoms with E-state index in [9.17, 15) is 9.90 Å². The van der Waals surface area contributed by atoms with Crippen LogP contribution in [0.2, 0.25) is 0 Å². The zero-order valence-electron chi connectivity index (χ0n) is 12.1. The topological polar surface area (TPSA) is 55.8 Å². The lowest BCUT2D eigenvalue weighted by Gasteiger charge is -2.36. The number of hydrogen-bond acceptors (Lipinski definition) is 4. The Balaban J connectivity index is 1.43. The number of anilines is 2. The first-order chi connectivity index (χ1) is 10.2. The summed E-state index contributed by atoms with van der Waals surface area (Å²) in [6, 6.07) is 5.86. The van der Waals surface area contributed by atoms with Crippen molar-refractivity contribution in [2.75, 3.05) is 42.9 Å². The average molecular weight is 287 g/mol. The summed E-state index contributed by atoms with van der Waals surface area (Å²) in [5.41, 5.74) is 2.58. The van der Waals surface area contributed by atoms with Gasteiger partial charge in [-0.3, -0.25) is 9.69 Å². The largest absolute Gasteiger partial charge is 0.378 e. The van der Waals surface area contributed by atoms with E-state index in [-0.39, 0.29) is 5.91 Å². The van der Waals surface area contributed by atoms with E-state index in [1.165, 1.54) is 19.4 Å². The van der Waals surface area contributed by atoms with Gasteiger partial charge in [0.1, 0.15) is 0 Å². The second kappa shape index (κ2) is 5.00. The van der Waals surface area contributed by atoms with E-state index < -0.39 is 6.10 Å². The normalized spacial score (nSPS) is 25.9. The van der Waals surface area contributed by atoms with Crippen molar-refractivity contribution < 1.29 is 9.90 Å². The monoisotopic (exact) mass is 287 g/mol. The molecule has 1 aromatic rings. The molecule has 1 unspecified atom stereocenters. The van der Waals surface area contributed by atoms with Gasteiger partial charge in [-0.1, -0.05) is 6.07 Å². The van der Waals surface area contributed by atoms with Gasteiger partial charge in [0, 0.05) is 49.7 Å². The Morgan fingerprint density at radius 1 is 1.19 bits per heavy atom. The molecule has 21 heavy (non-hydrogen) atoms. The van der Waals surface area contributed by atoms with E-state index in [0.29, 0.717) is 5.56 Å². The van der Waals surface area contributed by atoms with Crippen LogP contribution in [0.25, 0.3) is 0 Å². The van der Waals surface area contributed by atoms with Crippen molar-refractivity contribution in [2.45, 2.75) is 18.9 Å². The first-order valence-corrected chi connectivity index (χ1v) is 7.81. The molecule has 5 heteroatoms. The van der Waals surface area contributed by atoms with Gasteiger partial charge >= 0.3 is 0 Å². The van der Waals surface area contributed by atoms with Gasteiger partial charge in [-0.25, -0.2) is 0 Å². The van der Waals surface area contributed by atoms with Gasteiger partial charge in [-0.2, -0.15) is 0 Å². The van der Waals surface area contributed by atoms with Gasteiger partial charge in [0.15, 0.2) is 6.10 Å². The molecule has 1 aliphatic carbocycles. The smallest absolute Gasteiger partial charge is 0.257 e. The van der Waals surface area contributed by atoms with E-state index >= 15 is 0 Å². The van der Waals surface area contributed by atoms with Gasteiger partial charge in [-0.15, -0.1) is 0 Å². The fraction of sp³-hybridized carbons (Fsp3) is 0.562. The Morgan fingerprint density at radius 3 is 2.67 bits per heavy atom. The summed E-state index contributed by atoms with van der Waals surface area (Å²) < 4.78 is 0. The second-order valence-electron chi connectivity index (χ2n) is 6.39. The van der Waals surface area contributed by atoms with Crippen molar-refractivity contribution in [1.82, 2.24) is 4.90 Å². The fourth-order valence-corrected chi connectivity index (χ4v) is 3.28. The quantitative estimate of drug-likeness (QED) is 0.877. The third-order valence-corrected chi connectivity index (χ3v) is 4.79. The Kier molecular flexibility index (Phi) is 3.12. The Morgan fingerprint density at radius 2 is 1.95 bits per heavy atom. The lowest BCUT2D eigenvalue weighted by molar-refractivity contribution is -0.123. The van der Waals surface area contributed by atoms with Crippen LogP contribution in [-0.4, -0.2) is 48.6 Å². The highest BCUT2D eigenvalue weighted by Gasteiger charge is 2.30. The number of hydrogen-bond donors (Lipinski definition) is 2. The minimum atomic E-state index is -1.01. The van der Waals surface area contributed by atoms with Crippen molar-refractivity contribution in [3.05, 3.63) is 23.8 Å². The summed E-state index contributed by atoms with van der Waals surface area (Å²) in [5, 5.41) is 12.5. The molecule has 0 radical (unpaired) electrons. The van der Waals surface area contributed by atoms with Crippen LogP contribution in [-0.2, 0) is 4.79 Å². The van der Waals surface area contributed by atoms with Crippen LogP contribution >= 0.6 is 0 Å². The molecule has 2 N–H and O–H groups in total. The minimum absolute atomic E-state index is 0.323. The van der Waals surface area contributed by atoms with Crippen LogP contribution in [0, 0.1) is 5.92 Å². The fourth-order valence-electron chi connectivity index (χ4n) is 3.28. The molecule has 1 saturated carbocycles. The molecular formula is C16H21N3O2. The summed E-state index contributed by atoms with van der Waals surface area (Å²) >= 11 is 0. The van der Waals surface area contributed by atoms with Crippen LogP contribution in [0.15, 0.2) is 18.2 Å². The van der Waals surface area contributed by atoms with Gasteiger partial charge in [0.25, 0.3) is 5.91 Å². The standard InChI is InChI=1S/C16H21N3O2/c20-15-13-4-3-12(9-14(13)17-16(15)21)19-7-5-18(6-8-19)10-11-1-2-11/h3-4,9,11,15,20H,1-2,5-8,10H2,(H,17,21). The first-order valence-electron chi connectivity index (χ1n) is 7.81. The maximum absolute atomic E-state index is 11.5. The minimum Gasteiger partial charge on any atom is -0.378 e. The molecule has 112 valence electrons. The predicted octanol–water partition coefficient (Wildman–Crippen LogP) is 1.20. The van der Waals surface area contributed by atoms with Crippen LogP contribution in [0.1, 0.15) is 24.5 Å². The molecule has 1 atom stereocenters. The summed E-state index contributed by atoms with van der Waals surface area (Å²) in [5.74, 6) is 0.629. The van der Waals surface area contributed by atoms with E-state index in [2.05, 4.69) is 15.1 Å². The first kappa shape index (κ1) is 13.1. The molecule has 1 aromatic carbocycles. The maximum Gasteiger partial charge on any atom is 0.257 e. The number of aliphatic hydroxyl groups excluding tert-OH is 1. The molecule has 1 saturated heterocycles. The van der Waals surface area contributed by atoms with E-state index in [0.717, 1.165) is 43.5 Å². The summed E-state index contributed by atoms with van der Waals surface area (Å²) in [6.07, 6.45) is 1.81. The SMILES string of the molecule is O=C1Nc2cc(N3CCN(CC4CC4)CC3)ccc2C1O. The highest BCUT2D eigenvalue weighted by Crippen LogP contribution is 2.34. The number of fused-ring (bicyclic) bond motifs is 1. The third kappa shape index (κ3) is 2.51. The third-order valence-electron chi connectivity index (χ3n) is 4.79. The number of carbonyl (C=O) groups excluding carboxylic acids is 1. The number of nitrogens with one attached hydrogen (secondary N) is 1. The molecule has 1 amide bonds. The Labute approximate surface area is 124 Å². The predicted molar refractivity (Wildman–Crippen MR) is 81.4 cm³/mol. The van der Waals surface area contributed by atoms with Crippen molar-refractivity contribution in [3.8, 4) is 0 Å². The lowest BCUT2D eigenvalue weighted by atomic mass is 10.1. The van der Waals surface area contributed by atoms with E-state index in [1.807, 2.05) is 18.2 Å². The molecule has 5 nitrogen and oxygen atoms in total. The molecular weight excluding hydrogens is 266 g/mol. The zero-order chi connectivity index (χ0) is 14.4. The number of amides is 1. The molecule has 4 rings (SSSR count). The van der Waals surface area contributed by atoms with Crippen molar-refractivity contribution in [3.63, 3.8) is 0 Å². The molecule has 0 spiro atoms. The number of nitrogens with zero attached hydrogens (tertiary/aromatic N) is 2. The van der Waals surface area contributed by atoms with Gasteiger partial charge in [0.2, 0.25) is 0 Å². The summed E-state index contributed by atoms with van der Waals surface area (Å²) in [6.45, 7) is 5.55. The molecule has 0 bridgehead atoms. The van der Waals surface area contributed by atoms with Gasteiger partial charge in [-0.05, 0) is 30.9 Å². The maximum atomic E-state index is 11.5. The van der Waals surface area contributed by atoms with Crippen molar-refractivity contribution >= 4 is 17.3 Å². The van der Waals surface area contributed by atoms with Gasteiger partial charge in [0.05, 0.1) is 0 Å². The van der Waals surface area contributed by atoms with Gasteiger partial charge < -0.3 is 15.3 Å². The number of carbonyl (C=O) groups is 1. The number of piperazine rings is 1. The zero-order valence-corrected chi connectivity index (χ0v) is 12.1. The van der Waals surface area contributed by atoms with E-state index in [1.54, 1.807) is 0 Å². The molecule has 2 fully saturated rings. The molecule has 2 aliphatic heterocycles. The summed E-state index contributed by atoms with van der Waals surface area (Å²) in [7, 11) is 0. The van der Waals surface area contributed by atoms with Crippen LogP contribution in [0.4, 0.5) is 11.4 Å². The number of rotatable bonds is 3. The average Bonchev–Trinajstić information content (AvgIpc) is 3.26. The van der Waals surface area contributed by atoms with Crippen LogP contribution in [0.5, 0.6) is 0 Å². The second-order valence-corrected chi connectivity index (χ2v) is 6.39.